The number of fused-ring (bicyclic) bond motifs is 3. The van der Waals surface area contributed by atoms with Crippen molar-refractivity contribution in [1.29, 1.82) is 0 Å². The van der Waals surface area contributed by atoms with Crippen LogP contribution in [0.25, 0.3) is 5.57 Å². The summed E-state index contributed by atoms with van der Waals surface area (Å²) in [5, 5.41) is 12.1. The monoisotopic (exact) mass is 960 g/mol. The molecule has 0 aromatic heterocycles. The quantitative estimate of drug-likeness (QED) is 0.0266. The third-order valence-corrected chi connectivity index (χ3v) is 14.0. The first-order valence-corrected chi connectivity index (χ1v) is 23.2. The zero-order valence-electron chi connectivity index (χ0n) is 33.9. The number of hydrogen-bond acceptors (Lipinski definition) is 14. The molecule has 304 valence electrons. The summed E-state index contributed by atoms with van der Waals surface area (Å²) in [6, 6.07) is 10.8. The number of ether oxygens (including phenoxy) is 2. The fourth-order valence-corrected chi connectivity index (χ4v) is 10.6. The minimum absolute atomic E-state index is 0. The Hall–Kier alpha value is 2.09. The number of quaternary nitrogens is 1. The molecule has 58 heavy (non-hydrogen) atoms. The van der Waals surface area contributed by atoms with Crippen molar-refractivity contribution >= 4 is 53.7 Å². The van der Waals surface area contributed by atoms with Crippen molar-refractivity contribution < 1.29 is 217 Å². The maximum Gasteiger partial charge on any atom is 1.00 e. The molecule has 1 spiro atoms. The van der Waals surface area contributed by atoms with Crippen LogP contribution in [0.2, 0.25) is 0 Å². The van der Waals surface area contributed by atoms with Crippen molar-refractivity contribution in [2.24, 2.45) is 0 Å². The second-order valence-corrected chi connectivity index (χ2v) is 20.2. The first-order valence-electron chi connectivity index (χ1n) is 17.6. The molecule has 2 atom stereocenters. The number of allylic oxidation sites excluding steroid dienone is 6. The summed E-state index contributed by atoms with van der Waals surface area (Å²) >= 11 is 0.870. The topological polar surface area (TPSA) is 229 Å². The maximum atomic E-state index is 12.7. The van der Waals surface area contributed by atoms with E-state index >= 15 is 0 Å². The van der Waals surface area contributed by atoms with E-state index in [1.165, 1.54) is 0 Å². The Morgan fingerprint density at radius 1 is 0.862 bits per heavy atom. The molecule has 1 aliphatic carbocycles. The van der Waals surface area contributed by atoms with Gasteiger partial charge in [-0.2, -0.15) is 12.8 Å². The molecule has 1 fully saturated rings. The van der Waals surface area contributed by atoms with E-state index < -0.39 is 58.1 Å². The minimum Gasteiger partial charge on any atom is -0.748 e. The second-order valence-electron chi connectivity index (χ2n) is 14.8. The molecule has 2 unspecified atom stereocenters. The van der Waals surface area contributed by atoms with Crippen LogP contribution in [0.1, 0.15) is 76.5 Å². The van der Waals surface area contributed by atoms with Crippen LogP contribution in [0, 0.1) is 0 Å². The molecule has 3 aliphatic rings. The molecule has 2 aliphatic heterocycles. The molecule has 1 saturated heterocycles. The standard InChI is InChI=1S/C36H47NO14S4.3K/c1-35(2)29(27(9-6-21-53(39,40)41)28-14-12-25(23-30(28)35)48-18-7-20-52-51-50-38)10-5-11-33-36(3,4)31-24-26(49-19-8-22-54(42,43)44)13-15-32(31)37(33)17-16-34(37)55(45,46)47;;;/h5,10-15,23-24,34H,6-9,16-22H2,1-4H3,(H3-,38,39,40,41,42,43,44,45,46,47);;;/q;3*+1/p-2/b10-5?,33-11+;;;. The van der Waals surface area contributed by atoms with E-state index in [4.69, 9.17) is 9.47 Å². The average molecular weight is 961 g/mol. The summed E-state index contributed by atoms with van der Waals surface area (Å²) in [7, 11) is -13.3. The Labute approximate surface area is 473 Å². The third kappa shape index (κ3) is 13.3. The zero-order valence-corrected chi connectivity index (χ0v) is 46.5. The van der Waals surface area contributed by atoms with Crippen LogP contribution in [-0.4, -0.2) is 81.3 Å². The predicted molar refractivity (Wildman–Crippen MR) is 203 cm³/mol. The van der Waals surface area contributed by atoms with E-state index in [0.29, 0.717) is 54.6 Å². The summed E-state index contributed by atoms with van der Waals surface area (Å²) in [6.45, 7) is 8.61. The number of nitrogens with zero attached hydrogens (tertiary/aromatic N) is 1. The van der Waals surface area contributed by atoms with E-state index in [-0.39, 0.29) is 185 Å². The molecule has 15 nitrogen and oxygen atoms in total. The van der Waals surface area contributed by atoms with Gasteiger partial charge in [-0.15, -0.1) is 0 Å². The summed E-state index contributed by atoms with van der Waals surface area (Å²) in [6.07, 6.45) is 6.82. The Morgan fingerprint density at radius 3 is 2.05 bits per heavy atom. The van der Waals surface area contributed by atoms with Crippen molar-refractivity contribution in [3.8, 4) is 11.5 Å². The van der Waals surface area contributed by atoms with Crippen molar-refractivity contribution in [2.75, 3.05) is 37.0 Å². The molecule has 1 N–H and O–H groups in total. The van der Waals surface area contributed by atoms with E-state index in [1.807, 2.05) is 64.1 Å². The summed E-state index contributed by atoms with van der Waals surface area (Å²) in [5.41, 5.74) is 4.27. The Morgan fingerprint density at radius 2 is 1.48 bits per heavy atom. The van der Waals surface area contributed by atoms with Crippen LogP contribution < -0.4 is 173 Å². The van der Waals surface area contributed by atoms with Gasteiger partial charge in [-0.05, 0) is 92.1 Å². The van der Waals surface area contributed by atoms with Crippen LogP contribution in [-0.2, 0) is 50.6 Å². The van der Waals surface area contributed by atoms with E-state index in [0.717, 1.165) is 39.9 Å². The molecule has 0 saturated carbocycles. The predicted octanol–water partition coefficient (Wildman–Crippen LogP) is -4.62. The molecule has 0 radical (unpaired) electrons. The summed E-state index contributed by atoms with van der Waals surface area (Å²) < 4.78 is 120. The first-order chi connectivity index (χ1) is 25.6. The van der Waals surface area contributed by atoms with Crippen LogP contribution in [0.5, 0.6) is 11.5 Å². The molecular weight excluding hydrogens is 916 g/mol. The molecular formula is C36H45K3NO14S4+. The van der Waals surface area contributed by atoms with Gasteiger partial charge < -0.3 is 23.8 Å². The van der Waals surface area contributed by atoms with E-state index in [2.05, 4.69) is 9.37 Å². The molecule has 0 bridgehead atoms. The fraction of sp³-hybridized carbons (Fsp3) is 0.500. The smallest absolute Gasteiger partial charge is 0.748 e. The van der Waals surface area contributed by atoms with Crippen LogP contribution >= 0.6 is 12.0 Å². The van der Waals surface area contributed by atoms with Gasteiger partial charge in [-0.3, -0.25) is 9.59 Å². The molecule has 2 heterocycles. The van der Waals surface area contributed by atoms with Crippen LogP contribution in [0.4, 0.5) is 5.69 Å². The first kappa shape index (κ1) is 56.2. The van der Waals surface area contributed by atoms with Crippen molar-refractivity contribution in [1.82, 2.24) is 4.48 Å². The maximum absolute atomic E-state index is 12.7. The van der Waals surface area contributed by atoms with Gasteiger partial charge in [0, 0.05) is 40.6 Å². The number of rotatable bonds is 19. The van der Waals surface area contributed by atoms with Crippen LogP contribution in [0.3, 0.4) is 0 Å². The van der Waals surface area contributed by atoms with Crippen molar-refractivity contribution in [2.45, 2.75) is 76.0 Å². The Kier molecular flexibility index (Phi) is 22.3. The molecule has 2 aromatic rings. The number of benzene rings is 2. The van der Waals surface area contributed by atoms with Gasteiger partial charge in [-0.25, -0.2) is 21.3 Å². The van der Waals surface area contributed by atoms with Crippen molar-refractivity contribution in [3.05, 3.63) is 82.6 Å². The van der Waals surface area contributed by atoms with E-state index in [1.54, 1.807) is 18.2 Å². The summed E-state index contributed by atoms with van der Waals surface area (Å²) in [4.78, 5) is 0. The number of hydrogen-bond donors (Lipinski definition) is 1. The van der Waals surface area contributed by atoms with Gasteiger partial charge in [0.1, 0.15) is 22.9 Å². The minimum atomic E-state index is -4.75. The summed E-state index contributed by atoms with van der Waals surface area (Å²) in [5.74, 6) is 0.495. The third-order valence-electron chi connectivity index (χ3n) is 10.6. The van der Waals surface area contributed by atoms with Gasteiger partial charge in [0.05, 0.1) is 47.5 Å². The zero-order chi connectivity index (χ0) is 40.5. The molecule has 5 rings (SSSR count). The average Bonchev–Trinajstić information content (AvgIpc) is 3.39. The normalized spacial score (nSPS) is 21.2. The Balaban J connectivity index is 0.00000387. The molecule has 2 aromatic carbocycles. The van der Waals surface area contributed by atoms with Crippen LogP contribution in [0.15, 0.2) is 65.9 Å². The second kappa shape index (κ2) is 23.0. The van der Waals surface area contributed by atoms with Gasteiger partial charge in [0.15, 0.2) is 15.5 Å². The van der Waals surface area contributed by atoms with Gasteiger partial charge in [0.25, 0.3) is 10.1 Å². The van der Waals surface area contributed by atoms with Gasteiger partial charge in [0.2, 0.25) is 0 Å². The SMILES string of the molecule is CC1(C)C(C=C/C=C2\C(C)(C)c3cc(OCCCS(=O)(=O)[O-])ccc3[N+]23CCC3S(=O)(=O)[O-])=C(CCCS(=O)(=O)O)c2ccc(OCCCSOO[O-])cc21.[K+].[K+].[K+]. The Bertz CT molecular complexity index is 2210. The molecule has 0 amide bonds. The largest absolute Gasteiger partial charge is 1.00 e. The van der Waals surface area contributed by atoms with E-state index in [9.17, 15) is 44.2 Å². The van der Waals surface area contributed by atoms with Gasteiger partial charge >= 0.3 is 154 Å². The van der Waals surface area contributed by atoms with Crippen molar-refractivity contribution in [3.63, 3.8) is 0 Å². The fourth-order valence-electron chi connectivity index (χ4n) is 8.06. The molecule has 22 heteroatoms. The van der Waals surface area contributed by atoms with Gasteiger partial charge in [-0.1, -0.05) is 32.1 Å².